The maximum Gasteiger partial charge on any atom is 0.160 e. The first kappa shape index (κ1) is 28.8. The summed E-state index contributed by atoms with van der Waals surface area (Å²) in [6.07, 6.45) is 0. The third-order valence-corrected chi connectivity index (χ3v) is 10.5. The second kappa shape index (κ2) is 11.2. The molecule has 52 heavy (non-hydrogen) atoms. The first-order valence-corrected chi connectivity index (χ1v) is 17.7. The Labute approximate surface area is 299 Å². The van der Waals surface area contributed by atoms with Crippen LogP contribution in [0.15, 0.2) is 182 Å². The minimum Gasteiger partial charge on any atom is -0.309 e. The Hall–Kier alpha value is -7.04. The zero-order valence-corrected chi connectivity index (χ0v) is 28.1. The smallest absolute Gasteiger partial charge is 0.160 e. The Morgan fingerprint density at radius 2 is 0.808 bits per heavy atom. The fourth-order valence-corrected chi connectivity index (χ4v) is 8.26. The quantitative estimate of drug-likeness (QED) is 0.188. The van der Waals surface area contributed by atoms with Crippen molar-refractivity contribution in [2.24, 2.45) is 0 Å². The molecule has 0 aliphatic carbocycles. The van der Waals surface area contributed by atoms with Gasteiger partial charge in [-0.2, -0.15) is 0 Å². The first-order chi connectivity index (χ1) is 25.8. The Morgan fingerprint density at radius 1 is 0.308 bits per heavy atom. The van der Waals surface area contributed by atoms with Crippen molar-refractivity contribution in [1.82, 2.24) is 19.1 Å². The summed E-state index contributed by atoms with van der Waals surface area (Å²) in [6.45, 7) is 0. The van der Waals surface area contributed by atoms with Crippen molar-refractivity contribution in [2.45, 2.75) is 0 Å². The summed E-state index contributed by atoms with van der Waals surface area (Å²) in [5.41, 5.74) is 11.0. The molecule has 4 heteroatoms. The molecule has 0 fully saturated rings. The lowest BCUT2D eigenvalue weighted by Gasteiger charge is -2.11. The van der Waals surface area contributed by atoms with Gasteiger partial charge in [-0.1, -0.05) is 115 Å². The molecule has 3 heterocycles. The average Bonchev–Trinajstić information content (AvgIpc) is 3.74. The largest absolute Gasteiger partial charge is 0.309 e. The van der Waals surface area contributed by atoms with Gasteiger partial charge < -0.3 is 9.13 Å². The molecule has 0 N–H and O–H groups in total. The normalized spacial score (nSPS) is 11.8. The Morgan fingerprint density at radius 3 is 1.42 bits per heavy atom. The van der Waals surface area contributed by atoms with Crippen LogP contribution in [-0.4, -0.2) is 19.1 Å². The van der Waals surface area contributed by atoms with Gasteiger partial charge in [0.2, 0.25) is 0 Å². The summed E-state index contributed by atoms with van der Waals surface area (Å²) >= 11 is 0. The van der Waals surface area contributed by atoms with Crippen molar-refractivity contribution in [3.8, 4) is 34.0 Å². The number of nitrogens with zero attached hydrogens (tertiary/aromatic N) is 4. The first-order valence-electron chi connectivity index (χ1n) is 17.7. The summed E-state index contributed by atoms with van der Waals surface area (Å²) in [6, 6.07) is 64.8. The van der Waals surface area contributed by atoms with Gasteiger partial charge >= 0.3 is 0 Å². The van der Waals surface area contributed by atoms with Crippen molar-refractivity contribution in [1.29, 1.82) is 0 Å². The lowest BCUT2D eigenvalue weighted by molar-refractivity contribution is 1.17. The highest BCUT2D eigenvalue weighted by atomic mass is 15.0. The van der Waals surface area contributed by atoms with Crippen LogP contribution in [0, 0.1) is 0 Å². The minimum absolute atomic E-state index is 0.719. The van der Waals surface area contributed by atoms with E-state index in [1.54, 1.807) is 0 Å². The van der Waals surface area contributed by atoms with Gasteiger partial charge in [0.05, 0.1) is 33.3 Å². The summed E-state index contributed by atoms with van der Waals surface area (Å²) in [7, 11) is 0. The highest BCUT2D eigenvalue weighted by Crippen LogP contribution is 2.42. The Balaban J connectivity index is 1.11. The summed E-state index contributed by atoms with van der Waals surface area (Å²) < 4.78 is 4.78. The zero-order valence-electron chi connectivity index (χ0n) is 28.1. The summed E-state index contributed by atoms with van der Waals surface area (Å²) in [5, 5.41) is 8.61. The van der Waals surface area contributed by atoms with Gasteiger partial charge in [-0.15, -0.1) is 0 Å². The van der Waals surface area contributed by atoms with Crippen LogP contribution in [-0.2, 0) is 0 Å². The van der Waals surface area contributed by atoms with Crippen LogP contribution in [0.1, 0.15) is 0 Å². The zero-order chi connectivity index (χ0) is 34.2. The van der Waals surface area contributed by atoms with Crippen LogP contribution in [0.3, 0.4) is 0 Å². The highest BCUT2D eigenvalue weighted by Gasteiger charge is 2.19. The van der Waals surface area contributed by atoms with E-state index < -0.39 is 0 Å². The molecule has 8 aromatic carbocycles. The molecule has 0 atom stereocenters. The maximum absolute atomic E-state index is 5.12. The molecule has 0 saturated carbocycles. The van der Waals surface area contributed by atoms with E-state index in [4.69, 9.17) is 9.97 Å². The van der Waals surface area contributed by atoms with Crippen LogP contribution in [0.4, 0.5) is 0 Å². The third-order valence-electron chi connectivity index (χ3n) is 10.5. The van der Waals surface area contributed by atoms with E-state index in [1.165, 1.54) is 60.1 Å². The van der Waals surface area contributed by atoms with E-state index >= 15 is 0 Å². The Kier molecular flexibility index (Phi) is 6.22. The molecule has 4 nitrogen and oxygen atoms in total. The number of aromatic nitrogens is 4. The van der Waals surface area contributed by atoms with Gasteiger partial charge in [-0.05, 0) is 77.5 Å². The van der Waals surface area contributed by atoms with Crippen molar-refractivity contribution >= 4 is 65.3 Å². The van der Waals surface area contributed by atoms with Crippen molar-refractivity contribution in [2.75, 3.05) is 0 Å². The predicted molar refractivity (Wildman–Crippen MR) is 217 cm³/mol. The number of benzene rings is 8. The lowest BCUT2D eigenvalue weighted by Crippen LogP contribution is -1.97. The molecule has 0 saturated heterocycles. The van der Waals surface area contributed by atoms with E-state index in [1.807, 2.05) is 18.2 Å². The fourth-order valence-electron chi connectivity index (χ4n) is 8.26. The topological polar surface area (TPSA) is 35.6 Å². The number of para-hydroxylation sites is 4. The van der Waals surface area contributed by atoms with Crippen LogP contribution in [0.25, 0.3) is 99.3 Å². The van der Waals surface area contributed by atoms with Crippen molar-refractivity contribution < 1.29 is 0 Å². The van der Waals surface area contributed by atoms with Gasteiger partial charge in [0.25, 0.3) is 0 Å². The summed E-state index contributed by atoms with van der Waals surface area (Å²) in [5.74, 6) is 0.719. The molecule has 3 aromatic heterocycles. The van der Waals surface area contributed by atoms with Crippen molar-refractivity contribution in [3.63, 3.8) is 0 Å². The number of hydrogen-bond donors (Lipinski definition) is 0. The van der Waals surface area contributed by atoms with Crippen LogP contribution >= 0.6 is 0 Å². The van der Waals surface area contributed by atoms with E-state index in [2.05, 4.69) is 173 Å². The molecule has 0 amide bonds. The molecule has 0 bridgehead atoms. The van der Waals surface area contributed by atoms with E-state index in [-0.39, 0.29) is 0 Å². The molecule has 0 aliphatic heterocycles. The number of hydrogen-bond acceptors (Lipinski definition) is 2. The number of rotatable bonds is 4. The molecular weight excluding hydrogens is 633 g/mol. The van der Waals surface area contributed by atoms with E-state index in [9.17, 15) is 0 Å². The fraction of sp³-hybridized carbons (Fsp3) is 0. The van der Waals surface area contributed by atoms with Gasteiger partial charge in [-0.25, -0.2) is 9.97 Å². The van der Waals surface area contributed by atoms with Crippen LogP contribution in [0.5, 0.6) is 0 Å². The SMILES string of the molecule is c1ccc(-c2nc(-c3ccc(-n4c5ccccc5c5c6ccc7c(c6ccc54)c4ccccc4n7-c4ccccc4)cc3)nc3ccccc23)cc1. The molecule has 11 aromatic rings. The average molecular weight is 663 g/mol. The second-order valence-corrected chi connectivity index (χ2v) is 13.4. The van der Waals surface area contributed by atoms with Crippen molar-refractivity contribution in [3.05, 3.63) is 182 Å². The summed E-state index contributed by atoms with van der Waals surface area (Å²) in [4.78, 5) is 10.1. The maximum atomic E-state index is 5.12. The molecule has 11 rings (SSSR count). The Bertz CT molecular complexity index is 3160. The molecule has 0 radical (unpaired) electrons. The predicted octanol–water partition coefficient (Wildman–Crippen LogP) is 12.3. The highest BCUT2D eigenvalue weighted by molar-refractivity contribution is 6.29. The van der Waals surface area contributed by atoms with Gasteiger partial charge in [0, 0.05) is 49.4 Å². The van der Waals surface area contributed by atoms with Crippen LogP contribution in [0.2, 0.25) is 0 Å². The number of fused-ring (bicyclic) bond motifs is 10. The third kappa shape index (κ3) is 4.21. The van der Waals surface area contributed by atoms with E-state index in [0.29, 0.717) is 0 Å². The van der Waals surface area contributed by atoms with Gasteiger partial charge in [-0.3, -0.25) is 0 Å². The minimum atomic E-state index is 0.719. The lowest BCUT2D eigenvalue weighted by atomic mass is 9.99. The molecule has 0 unspecified atom stereocenters. The standard InChI is InChI=1S/C48H30N4/c1-3-13-31(14-4-1)47-37-17-7-10-20-40(37)49-48(50-47)32-23-25-34(26-24-32)52-42-22-12-9-19-39(42)46-36-27-29-43-45(35(36)28-30-44(46)52)38-18-8-11-21-41(38)51(43)33-15-5-2-6-16-33/h1-30H. The van der Waals surface area contributed by atoms with E-state index in [0.717, 1.165) is 39.2 Å². The van der Waals surface area contributed by atoms with Gasteiger partial charge in [0.15, 0.2) is 5.82 Å². The molecule has 242 valence electrons. The molecule has 0 spiro atoms. The monoisotopic (exact) mass is 662 g/mol. The van der Waals surface area contributed by atoms with Crippen LogP contribution < -0.4 is 0 Å². The van der Waals surface area contributed by atoms with Gasteiger partial charge in [0.1, 0.15) is 0 Å². The second-order valence-electron chi connectivity index (χ2n) is 13.4. The molecular formula is C48H30N4. The molecule has 0 aliphatic rings.